The first-order valence-electron chi connectivity index (χ1n) is 8.37. The van der Waals surface area contributed by atoms with Crippen molar-refractivity contribution >= 4 is 13.9 Å². The van der Waals surface area contributed by atoms with Gasteiger partial charge in [0.05, 0.1) is 0 Å². The third-order valence-electron chi connectivity index (χ3n) is 4.40. The topological polar surface area (TPSA) is 9.72 Å². The van der Waals surface area contributed by atoms with Gasteiger partial charge in [-0.15, -0.1) is 0 Å². The van der Waals surface area contributed by atoms with Gasteiger partial charge in [-0.2, -0.15) is 0 Å². The maximum atomic E-state index is 2.84. The minimum absolute atomic E-state index is 1.20. The summed E-state index contributed by atoms with van der Waals surface area (Å²) in [4.78, 5) is 0. The second-order valence-corrected chi connectivity index (χ2v) is 13.3. The molecular weight excluding hydrogens is 295 g/mol. The fraction of sp³-hybridized carbons (Fsp3) is 1.00. The molecule has 0 bridgehead atoms. The second kappa shape index (κ2) is 10.2. The van der Waals surface area contributed by atoms with Crippen molar-refractivity contribution in [3.63, 3.8) is 0 Å². The molecule has 0 aliphatic rings. The Labute approximate surface area is 125 Å². The molecule has 3 nitrogen and oxygen atoms in total. The van der Waals surface area contributed by atoms with E-state index in [4.69, 9.17) is 0 Å². The molecule has 0 atom stereocenters. The monoisotopic (exact) mass is 333 g/mol. The van der Waals surface area contributed by atoms with E-state index in [1.807, 2.05) is 0 Å². The first-order chi connectivity index (χ1) is 9.12. The summed E-state index contributed by atoms with van der Waals surface area (Å²) in [7, 11) is 0. The minimum atomic E-state index is -2.31. The van der Waals surface area contributed by atoms with Crippen LogP contribution in [0.3, 0.4) is 0 Å². The summed E-state index contributed by atoms with van der Waals surface area (Å²) in [5, 5.41) is 1.41. The molecule has 0 heterocycles. The zero-order valence-electron chi connectivity index (χ0n) is 14.5. The van der Waals surface area contributed by atoms with Crippen LogP contribution >= 0.6 is 0 Å². The number of hydrogen-bond acceptors (Lipinski definition) is 3. The zero-order valence-corrected chi connectivity index (χ0v) is 16.6. The molecule has 0 spiro atoms. The summed E-state index contributed by atoms with van der Waals surface area (Å²) in [5.41, 5.74) is 0. The Balaban J connectivity index is 5.68. The van der Waals surface area contributed by atoms with Crippen LogP contribution in [0.15, 0.2) is 0 Å². The molecule has 4 heteroatoms. The summed E-state index contributed by atoms with van der Waals surface area (Å²) >= 11 is -2.31. The molecule has 19 heavy (non-hydrogen) atoms. The molecule has 0 saturated heterocycles. The van der Waals surface area contributed by atoms with Gasteiger partial charge in [-0.3, -0.25) is 0 Å². The van der Waals surface area contributed by atoms with Crippen LogP contribution < -0.4 is 0 Å². The second-order valence-electron chi connectivity index (χ2n) is 5.04. The fourth-order valence-electron chi connectivity index (χ4n) is 3.60. The Bertz CT molecular complexity index is 180. The van der Waals surface area contributed by atoms with Gasteiger partial charge in [0, 0.05) is 0 Å². The van der Waals surface area contributed by atoms with E-state index in [0.717, 1.165) is 0 Å². The van der Waals surface area contributed by atoms with E-state index in [1.54, 1.807) is 0 Å². The van der Waals surface area contributed by atoms with Crippen molar-refractivity contribution in [3.8, 4) is 0 Å². The molecule has 0 unspecified atom stereocenters. The molecule has 0 aliphatic heterocycles. The normalized spacial score (nSPS) is 12.9. The van der Waals surface area contributed by atoms with Gasteiger partial charge < -0.3 is 0 Å². The van der Waals surface area contributed by atoms with Crippen LogP contribution in [0.25, 0.3) is 0 Å². The zero-order chi connectivity index (χ0) is 14.9. The average Bonchev–Trinajstić information content (AvgIpc) is 2.42. The quantitative estimate of drug-likeness (QED) is 0.537. The first-order valence-corrected chi connectivity index (χ1v) is 12.7. The predicted octanol–water partition coefficient (Wildman–Crippen LogP) is 3.36. The first kappa shape index (κ1) is 19.4. The van der Waals surface area contributed by atoms with E-state index < -0.39 is 13.9 Å². The van der Waals surface area contributed by atoms with E-state index in [2.05, 4.69) is 60.0 Å². The van der Waals surface area contributed by atoms with Gasteiger partial charge in [-0.1, -0.05) is 0 Å². The molecule has 0 fully saturated rings. The summed E-state index contributed by atoms with van der Waals surface area (Å²) in [6.45, 7) is 23.6. The Kier molecular flexibility index (Phi) is 10.4. The number of rotatable bonds is 11. The van der Waals surface area contributed by atoms with Gasteiger partial charge in [-0.05, 0) is 0 Å². The Morgan fingerprint density at radius 2 is 0.789 bits per heavy atom. The predicted molar refractivity (Wildman–Crippen MR) is 89.6 cm³/mol. The third-order valence-corrected chi connectivity index (χ3v) is 17.2. The standard InChI is InChI=1S/C15H37GeN3/c1-8-15-16(17(9-2)10-3,18(11-4)12-5)19(13-6)14-7/h8-15H2,1-7H3. The number of nitrogens with zero attached hydrogens (tertiary/aromatic N) is 3. The van der Waals surface area contributed by atoms with Crippen LogP contribution in [-0.2, 0) is 0 Å². The van der Waals surface area contributed by atoms with Crippen LogP contribution in [0.5, 0.6) is 0 Å². The Hall–Kier alpha value is 0.423. The third kappa shape index (κ3) is 4.19. The van der Waals surface area contributed by atoms with Crippen LogP contribution in [0.1, 0.15) is 54.9 Å². The van der Waals surface area contributed by atoms with Crippen molar-refractivity contribution in [3.05, 3.63) is 0 Å². The molecule has 0 amide bonds. The van der Waals surface area contributed by atoms with Gasteiger partial charge in [0.25, 0.3) is 0 Å². The van der Waals surface area contributed by atoms with E-state index in [0.29, 0.717) is 0 Å². The van der Waals surface area contributed by atoms with Crippen LogP contribution in [0.4, 0.5) is 0 Å². The Morgan fingerprint density at radius 1 is 0.526 bits per heavy atom. The summed E-state index contributed by atoms with van der Waals surface area (Å²) < 4.78 is 8.51. The molecule has 0 saturated carbocycles. The molecular formula is C15H37GeN3. The van der Waals surface area contributed by atoms with E-state index in [9.17, 15) is 0 Å². The number of hydrogen-bond donors (Lipinski definition) is 0. The van der Waals surface area contributed by atoms with Crippen molar-refractivity contribution < 1.29 is 0 Å². The van der Waals surface area contributed by atoms with Gasteiger partial charge in [0.15, 0.2) is 0 Å². The van der Waals surface area contributed by atoms with Crippen LogP contribution in [0, 0.1) is 0 Å². The van der Waals surface area contributed by atoms with Crippen molar-refractivity contribution in [1.82, 2.24) is 11.6 Å². The molecule has 0 radical (unpaired) electrons. The average molecular weight is 332 g/mol. The molecule has 0 rings (SSSR count). The molecule has 0 aliphatic carbocycles. The van der Waals surface area contributed by atoms with Crippen molar-refractivity contribution in [2.45, 2.75) is 60.1 Å². The van der Waals surface area contributed by atoms with Gasteiger partial charge in [0.2, 0.25) is 0 Å². The van der Waals surface area contributed by atoms with Crippen LogP contribution in [-0.4, -0.2) is 64.8 Å². The van der Waals surface area contributed by atoms with Crippen molar-refractivity contribution in [2.24, 2.45) is 0 Å². The maximum absolute atomic E-state index is 2.84. The SMILES string of the molecule is CC[CH2][Ge]([N](CC)CC)([N](CC)CC)[N](CC)CC. The van der Waals surface area contributed by atoms with Crippen molar-refractivity contribution in [1.29, 1.82) is 0 Å². The molecule has 116 valence electrons. The van der Waals surface area contributed by atoms with Gasteiger partial charge in [-0.25, -0.2) is 0 Å². The van der Waals surface area contributed by atoms with Gasteiger partial charge in [0.1, 0.15) is 0 Å². The Morgan fingerprint density at radius 3 is 0.947 bits per heavy atom. The fourth-order valence-corrected chi connectivity index (χ4v) is 15.9. The molecule has 0 aromatic carbocycles. The summed E-state index contributed by atoms with van der Waals surface area (Å²) in [5.74, 6) is 0. The van der Waals surface area contributed by atoms with E-state index in [-0.39, 0.29) is 0 Å². The van der Waals surface area contributed by atoms with E-state index >= 15 is 0 Å². The summed E-state index contributed by atoms with van der Waals surface area (Å²) in [6.07, 6.45) is 1.31. The molecule has 0 aromatic heterocycles. The van der Waals surface area contributed by atoms with Crippen LogP contribution in [0.2, 0.25) is 5.25 Å². The van der Waals surface area contributed by atoms with Crippen molar-refractivity contribution in [2.75, 3.05) is 39.3 Å². The summed E-state index contributed by atoms with van der Waals surface area (Å²) in [6, 6.07) is 0. The molecule has 0 aromatic rings. The van der Waals surface area contributed by atoms with Gasteiger partial charge >= 0.3 is 125 Å². The van der Waals surface area contributed by atoms with E-state index in [1.165, 1.54) is 50.9 Å². The molecule has 0 N–H and O–H groups in total.